The Labute approximate surface area is 89.7 Å². The molecule has 1 saturated carbocycles. The van der Waals surface area contributed by atoms with E-state index in [1.807, 2.05) is 0 Å². The third-order valence-corrected chi connectivity index (χ3v) is 2.77. The highest BCUT2D eigenvalue weighted by Crippen LogP contribution is 2.47. The number of carboxylic acid groups (broad SMARTS) is 1. The number of hydrogen-bond donors (Lipinski definition) is 1. The van der Waals surface area contributed by atoms with Crippen LogP contribution in [-0.2, 0) is 11.0 Å². The van der Waals surface area contributed by atoms with Gasteiger partial charge in [0.15, 0.2) is 0 Å². The summed E-state index contributed by atoms with van der Waals surface area (Å²) in [5, 5.41) is 8.69. The lowest BCUT2D eigenvalue weighted by Crippen LogP contribution is -2.04. The Morgan fingerprint density at radius 3 is 2.19 bits per heavy atom. The Balaban J connectivity index is 2.13. The molecule has 16 heavy (non-hydrogen) atoms. The van der Waals surface area contributed by atoms with Gasteiger partial charge in [-0.3, -0.25) is 4.79 Å². The van der Waals surface area contributed by atoms with Gasteiger partial charge in [-0.05, 0) is 30.0 Å². The summed E-state index contributed by atoms with van der Waals surface area (Å²) in [4.78, 5) is 10.6. The third kappa shape index (κ3) is 2.03. The molecule has 86 valence electrons. The van der Waals surface area contributed by atoms with Crippen LogP contribution < -0.4 is 0 Å². The van der Waals surface area contributed by atoms with Crippen LogP contribution in [0.2, 0.25) is 0 Å². The van der Waals surface area contributed by atoms with Crippen molar-refractivity contribution in [2.24, 2.45) is 5.92 Å². The molecular weight excluding hydrogens is 221 g/mol. The molecule has 2 rings (SSSR count). The number of hydrogen-bond acceptors (Lipinski definition) is 1. The van der Waals surface area contributed by atoms with Crippen molar-refractivity contribution < 1.29 is 23.1 Å². The van der Waals surface area contributed by atoms with Crippen molar-refractivity contribution in [3.63, 3.8) is 0 Å². The van der Waals surface area contributed by atoms with E-state index in [9.17, 15) is 18.0 Å². The van der Waals surface area contributed by atoms with E-state index in [2.05, 4.69) is 0 Å². The van der Waals surface area contributed by atoms with Crippen LogP contribution >= 0.6 is 0 Å². The highest BCUT2D eigenvalue weighted by Gasteiger charge is 2.44. The molecule has 1 aromatic rings. The molecule has 5 heteroatoms. The Bertz CT molecular complexity index is 408. The molecular formula is C11H9F3O2. The molecule has 0 radical (unpaired) electrons. The summed E-state index contributed by atoms with van der Waals surface area (Å²) in [6, 6.07) is 4.70. The second-order valence-corrected chi connectivity index (χ2v) is 3.91. The van der Waals surface area contributed by atoms with Crippen LogP contribution in [0.4, 0.5) is 13.2 Å². The Hall–Kier alpha value is -1.52. The van der Waals surface area contributed by atoms with Gasteiger partial charge in [0.1, 0.15) is 0 Å². The fourth-order valence-corrected chi connectivity index (χ4v) is 1.76. The fraction of sp³-hybridized carbons (Fsp3) is 0.364. The quantitative estimate of drug-likeness (QED) is 0.848. The highest BCUT2D eigenvalue weighted by molar-refractivity contribution is 5.75. The van der Waals surface area contributed by atoms with Crippen LogP contribution in [0.1, 0.15) is 23.5 Å². The van der Waals surface area contributed by atoms with Crippen LogP contribution in [0.15, 0.2) is 24.3 Å². The Kier molecular flexibility index (Phi) is 2.40. The van der Waals surface area contributed by atoms with Gasteiger partial charge in [-0.1, -0.05) is 12.1 Å². The first-order valence-electron chi connectivity index (χ1n) is 4.79. The molecule has 0 unspecified atom stereocenters. The van der Waals surface area contributed by atoms with Crippen LogP contribution in [0.3, 0.4) is 0 Å². The first-order chi connectivity index (χ1) is 7.39. The minimum atomic E-state index is -4.34. The van der Waals surface area contributed by atoms with Crippen LogP contribution in [0, 0.1) is 5.92 Å². The summed E-state index contributed by atoms with van der Waals surface area (Å²) in [6.07, 6.45) is -3.82. The van der Waals surface area contributed by atoms with Gasteiger partial charge in [-0.2, -0.15) is 13.2 Å². The maximum absolute atomic E-state index is 12.2. The van der Waals surface area contributed by atoms with Gasteiger partial charge >= 0.3 is 12.1 Å². The largest absolute Gasteiger partial charge is 0.481 e. The van der Waals surface area contributed by atoms with Crippen LogP contribution in [-0.4, -0.2) is 11.1 Å². The zero-order valence-corrected chi connectivity index (χ0v) is 8.16. The summed E-state index contributed by atoms with van der Waals surface area (Å²) >= 11 is 0. The van der Waals surface area contributed by atoms with E-state index in [4.69, 9.17) is 5.11 Å². The molecule has 0 amide bonds. The van der Waals surface area contributed by atoms with Crippen molar-refractivity contribution in [2.45, 2.75) is 18.5 Å². The van der Waals surface area contributed by atoms with E-state index in [-0.39, 0.29) is 5.92 Å². The summed E-state index contributed by atoms with van der Waals surface area (Å²) in [6.45, 7) is 0. The molecule has 2 atom stereocenters. The Morgan fingerprint density at radius 1 is 1.25 bits per heavy atom. The molecule has 1 aromatic carbocycles. The lowest BCUT2D eigenvalue weighted by molar-refractivity contribution is -0.139. The topological polar surface area (TPSA) is 37.3 Å². The highest BCUT2D eigenvalue weighted by atomic mass is 19.4. The molecule has 0 bridgehead atoms. The number of halogens is 3. The van der Waals surface area contributed by atoms with Crippen molar-refractivity contribution in [3.8, 4) is 0 Å². The normalized spacial score (nSPS) is 24.2. The molecule has 1 aliphatic rings. The smallest absolute Gasteiger partial charge is 0.416 e. The van der Waals surface area contributed by atoms with E-state index in [0.717, 1.165) is 12.1 Å². The maximum atomic E-state index is 12.2. The lowest BCUT2D eigenvalue weighted by atomic mass is 10.1. The molecule has 1 aliphatic carbocycles. The first-order valence-corrected chi connectivity index (χ1v) is 4.79. The van der Waals surface area contributed by atoms with Crippen molar-refractivity contribution in [1.82, 2.24) is 0 Å². The maximum Gasteiger partial charge on any atom is 0.416 e. The summed E-state index contributed by atoms with van der Waals surface area (Å²) in [5.41, 5.74) is -0.0378. The van der Waals surface area contributed by atoms with E-state index < -0.39 is 23.6 Å². The minimum absolute atomic E-state index is 0.125. The monoisotopic (exact) mass is 230 g/mol. The van der Waals surface area contributed by atoms with Gasteiger partial charge in [0, 0.05) is 0 Å². The van der Waals surface area contributed by atoms with Gasteiger partial charge in [-0.15, -0.1) is 0 Å². The molecule has 0 aromatic heterocycles. The van der Waals surface area contributed by atoms with Gasteiger partial charge < -0.3 is 5.11 Å². The predicted octanol–water partition coefficient (Wildman–Crippen LogP) is 2.89. The van der Waals surface area contributed by atoms with Crippen molar-refractivity contribution in [1.29, 1.82) is 0 Å². The number of rotatable bonds is 2. The molecule has 1 fully saturated rings. The molecule has 0 heterocycles. The van der Waals surface area contributed by atoms with Crippen LogP contribution in [0.5, 0.6) is 0 Å². The summed E-state index contributed by atoms with van der Waals surface area (Å²) in [5.74, 6) is -1.44. The van der Waals surface area contributed by atoms with E-state index in [1.165, 1.54) is 12.1 Å². The second-order valence-electron chi connectivity index (χ2n) is 3.91. The molecule has 0 spiro atoms. The second kappa shape index (κ2) is 3.50. The third-order valence-electron chi connectivity index (χ3n) is 2.77. The van der Waals surface area contributed by atoms with Gasteiger partial charge in [0.05, 0.1) is 11.5 Å². The van der Waals surface area contributed by atoms with E-state index >= 15 is 0 Å². The number of carbonyl (C=O) groups is 1. The minimum Gasteiger partial charge on any atom is -0.481 e. The van der Waals surface area contributed by atoms with Crippen molar-refractivity contribution in [2.75, 3.05) is 0 Å². The lowest BCUT2D eigenvalue weighted by Gasteiger charge is -2.07. The standard InChI is InChI=1S/C11H9F3O2/c12-11(13,14)7-3-1-6(2-4-7)8-5-9(8)10(15)16/h1-4,8-9H,5H2,(H,15,16)/t8-,9+/m0/s1. The number of carboxylic acids is 1. The average Bonchev–Trinajstić information content (AvgIpc) is 2.96. The molecule has 0 saturated heterocycles. The summed E-state index contributed by atoms with van der Waals surface area (Å²) < 4.78 is 36.7. The SMILES string of the molecule is O=C(O)[C@@H]1C[C@H]1c1ccc(C(F)(F)F)cc1. The van der Waals surface area contributed by atoms with E-state index in [0.29, 0.717) is 12.0 Å². The molecule has 1 N–H and O–H groups in total. The molecule has 0 aliphatic heterocycles. The predicted molar refractivity (Wildman–Crippen MR) is 49.9 cm³/mol. The van der Waals surface area contributed by atoms with Gasteiger partial charge in [-0.25, -0.2) is 0 Å². The average molecular weight is 230 g/mol. The number of alkyl halides is 3. The number of aliphatic carboxylic acids is 1. The zero-order valence-electron chi connectivity index (χ0n) is 8.16. The van der Waals surface area contributed by atoms with Crippen molar-refractivity contribution in [3.05, 3.63) is 35.4 Å². The zero-order chi connectivity index (χ0) is 11.9. The Morgan fingerprint density at radius 2 is 1.81 bits per heavy atom. The number of benzene rings is 1. The first kappa shape index (κ1) is 11.0. The molecule has 2 nitrogen and oxygen atoms in total. The van der Waals surface area contributed by atoms with E-state index in [1.54, 1.807) is 0 Å². The fourth-order valence-electron chi connectivity index (χ4n) is 1.76. The van der Waals surface area contributed by atoms with Crippen molar-refractivity contribution >= 4 is 5.97 Å². The summed E-state index contributed by atoms with van der Waals surface area (Å²) in [7, 11) is 0. The van der Waals surface area contributed by atoms with Gasteiger partial charge in [0.25, 0.3) is 0 Å². The van der Waals surface area contributed by atoms with Gasteiger partial charge in [0.2, 0.25) is 0 Å². The van der Waals surface area contributed by atoms with Crippen LogP contribution in [0.25, 0.3) is 0 Å².